The number of nitrogens with two attached hydrogens (primary N) is 2. The number of carbonyl (C=O) groups excluding carboxylic acids is 2. The second kappa shape index (κ2) is 31.5. The summed E-state index contributed by atoms with van der Waals surface area (Å²) < 4.78 is 0. The first-order chi connectivity index (χ1) is 14.9. The number of halogens is 4. The van der Waals surface area contributed by atoms with E-state index >= 15 is 0 Å². The number of hydrogen-bond donors (Lipinski definition) is 6. The molecule has 2 amide bonds. The summed E-state index contributed by atoms with van der Waals surface area (Å²) in [5.41, 5.74) is 10.6. The number of primary amides is 2. The van der Waals surface area contributed by atoms with Gasteiger partial charge in [0.25, 0.3) is 0 Å². The molecule has 0 aliphatic carbocycles. The van der Waals surface area contributed by atoms with Crippen molar-refractivity contribution in [3.63, 3.8) is 0 Å². The molecule has 1 fully saturated rings. The van der Waals surface area contributed by atoms with Crippen LogP contribution in [0, 0.1) is 5.92 Å². The second-order valence-corrected chi connectivity index (χ2v) is 13.3. The van der Waals surface area contributed by atoms with Gasteiger partial charge in [-0.15, -0.1) is 19.6 Å². The van der Waals surface area contributed by atoms with Crippen molar-refractivity contribution in [3.05, 3.63) is 34.6 Å². The summed E-state index contributed by atoms with van der Waals surface area (Å²) in [7, 11) is 19.7. The van der Waals surface area contributed by atoms with Crippen molar-refractivity contribution in [2.24, 2.45) is 17.4 Å². The summed E-state index contributed by atoms with van der Waals surface area (Å²) in [6.45, 7) is 4.75. The van der Waals surface area contributed by atoms with E-state index in [4.69, 9.17) is 70.0 Å². The quantitative estimate of drug-likeness (QED) is 0.230. The van der Waals surface area contributed by atoms with Crippen LogP contribution in [0.3, 0.4) is 0 Å². The first-order valence-electron chi connectivity index (χ1n) is 8.63. The van der Waals surface area contributed by atoms with Gasteiger partial charge in [0.2, 0.25) is 11.8 Å². The van der Waals surface area contributed by atoms with Gasteiger partial charge in [0, 0.05) is 11.5 Å². The number of aliphatic hydroxyl groups excluding tert-OH is 2. The monoisotopic (exact) mass is 888 g/mol. The minimum atomic E-state index is -1.17. The molecule has 0 bridgehead atoms. The zero-order chi connectivity index (χ0) is 25.9. The van der Waals surface area contributed by atoms with Crippen molar-refractivity contribution < 1.29 is 61.9 Å². The average molecular weight is 889 g/mol. The molecular formula is C16H30Cl4N4O6Re2-2. The molecule has 2 heterocycles. The zero-order valence-electron chi connectivity index (χ0n) is 17.4. The molecule has 1 saturated heterocycles. The Balaban J connectivity index is -0.000000159. The normalized spacial score (nSPS) is 14.1. The first-order valence-corrected chi connectivity index (χ1v) is 22.1. The van der Waals surface area contributed by atoms with Crippen LogP contribution in [0.15, 0.2) is 23.9 Å². The third-order valence-corrected chi connectivity index (χ3v) is 2.73. The van der Waals surface area contributed by atoms with E-state index in [1.165, 1.54) is 13.8 Å². The number of rotatable bonds is 2. The van der Waals surface area contributed by atoms with Gasteiger partial charge in [-0.3, -0.25) is 9.59 Å². The average Bonchev–Trinajstić information content (AvgIpc) is 2.70. The molecule has 10 nitrogen and oxygen atoms in total. The van der Waals surface area contributed by atoms with Crippen molar-refractivity contribution in [1.82, 2.24) is 0 Å². The third kappa shape index (κ3) is 44.2. The molecule has 0 aromatic rings. The van der Waals surface area contributed by atoms with E-state index in [0.717, 1.165) is 25.9 Å². The SMILES string of the molecule is CC(O)O.CC(O)O.NC(=O)C1=CC[N-]C=C1.NC(=O)C1CC[N-]CC1.[Cl][Re][Cl].[Cl][Re][Cl]. The standard InChI is InChI=1S/C6H11N2O.C6H7N2O.2C2H6O2.4ClH.2Re/c2*7-6(9)5-1-3-8-4-2-5;2*1-2(3)4;;;;;;/h5H,1-4H2,(H2,7,9);1-3H,4H2,(H2,7,9);2*2-4H,1H3;4*1H;;/q2*-1;;;;;;;2*+2/p-4. The van der Waals surface area contributed by atoms with Crippen molar-refractivity contribution in [1.29, 1.82) is 0 Å². The van der Waals surface area contributed by atoms with Crippen molar-refractivity contribution in [2.75, 3.05) is 19.6 Å². The van der Waals surface area contributed by atoms with Crippen molar-refractivity contribution in [2.45, 2.75) is 39.3 Å². The van der Waals surface area contributed by atoms with E-state index in [0.29, 0.717) is 12.1 Å². The van der Waals surface area contributed by atoms with Gasteiger partial charge in [-0.05, 0) is 13.8 Å². The molecule has 0 aromatic carbocycles. The fourth-order valence-corrected chi connectivity index (χ4v) is 1.63. The number of hydrogen-bond acceptors (Lipinski definition) is 6. The molecule has 2 aliphatic heterocycles. The summed E-state index contributed by atoms with van der Waals surface area (Å²) in [4.78, 5) is 21.0. The van der Waals surface area contributed by atoms with E-state index in [1.54, 1.807) is 18.4 Å². The molecule has 0 saturated carbocycles. The predicted octanol–water partition coefficient (Wildman–Crippen LogP) is 1.94. The van der Waals surface area contributed by atoms with Crippen LogP contribution < -0.4 is 11.5 Å². The van der Waals surface area contributed by atoms with Gasteiger partial charge in [0.1, 0.15) is 12.6 Å². The van der Waals surface area contributed by atoms with Crippen LogP contribution in [-0.4, -0.2) is 64.5 Å². The summed E-state index contributed by atoms with van der Waals surface area (Å²) in [6, 6.07) is 0. The van der Waals surface area contributed by atoms with E-state index in [1.807, 2.05) is 0 Å². The topological polar surface area (TPSA) is 195 Å². The van der Waals surface area contributed by atoms with Crippen molar-refractivity contribution >= 4 is 49.9 Å². The Bertz CT molecular complexity index is 488. The van der Waals surface area contributed by atoms with E-state index < -0.39 is 44.5 Å². The van der Waals surface area contributed by atoms with Crippen molar-refractivity contribution in [3.8, 4) is 0 Å². The number of carbonyl (C=O) groups is 2. The Morgan fingerprint density at radius 2 is 1.38 bits per heavy atom. The summed E-state index contributed by atoms with van der Waals surface area (Å²) in [5, 5.41) is 38.4. The van der Waals surface area contributed by atoms with Gasteiger partial charge in [0.05, 0.1) is 0 Å². The van der Waals surface area contributed by atoms with Crippen LogP contribution in [0.1, 0.15) is 26.7 Å². The van der Waals surface area contributed by atoms with Gasteiger partial charge in [-0.25, -0.2) is 0 Å². The molecule has 0 aromatic heterocycles. The second-order valence-electron chi connectivity index (χ2n) is 5.42. The Morgan fingerprint density at radius 3 is 1.56 bits per heavy atom. The summed E-state index contributed by atoms with van der Waals surface area (Å²) in [6.07, 6.45) is 4.26. The number of piperidine rings is 1. The van der Waals surface area contributed by atoms with Crippen LogP contribution in [-0.2, 0) is 41.5 Å². The van der Waals surface area contributed by atoms with E-state index in [9.17, 15) is 9.59 Å². The minimum absolute atomic E-state index is 0.0995. The Hall–Kier alpha value is 0.505. The molecule has 0 spiro atoms. The number of amides is 2. The zero-order valence-corrected chi connectivity index (χ0v) is 25.9. The van der Waals surface area contributed by atoms with Crippen LogP contribution >= 0.6 is 38.1 Å². The molecule has 16 heteroatoms. The van der Waals surface area contributed by atoms with Gasteiger partial charge in [-0.2, -0.15) is 6.20 Å². The number of aliphatic hydroxyl groups is 4. The van der Waals surface area contributed by atoms with Crippen LogP contribution in [0.4, 0.5) is 0 Å². The molecule has 8 N–H and O–H groups in total. The van der Waals surface area contributed by atoms with Gasteiger partial charge in [0.15, 0.2) is 0 Å². The van der Waals surface area contributed by atoms with Gasteiger partial charge >= 0.3 is 70.0 Å². The predicted molar refractivity (Wildman–Crippen MR) is 121 cm³/mol. The van der Waals surface area contributed by atoms with Gasteiger partial charge < -0.3 is 42.5 Å². The summed E-state index contributed by atoms with van der Waals surface area (Å²) in [5.74, 6) is -0.450. The third-order valence-electron chi connectivity index (χ3n) is 2.73. The molecule has 194 valence electrons. The fraction of sp³-hybridized carbons (Fsp3) is 0.625. The van der Waals surface area contributed by atoms with Crippen LogP contribution in [0.5, 0.6) is 0 Å². The maximum absolute atomic E-state index is 10.5. The Labute approximate surface area is 221 Å². The molecule has 0 radical (unpaired) electrons. The maximum atomic E-state index is 10.5. The van der Waals surface area contributed by atoms with Crippen LogP contribution in [0.25, 0.3) is 10.6 Å². The number of nitrogens with zero attached hydrogens (tertiary/aromatic N) is 2. The summed E-state index contributed by atoms with van der Waals surface area (Å²) >= 11 is -1.44. The molecule has 0 unspecified atom stereocenters. The first kappa shape index (κ1) is 39.7. The molecule has 0 atom stereocenters. The fourth-order valence-electron chi connectivity index (χ4n) is 1.63. The molecule has 2 rings (SSSR count). The molecular weight excluding hydrogens is 858 g/mol. The Morgan fingerprint density at radius 1 is 1.00 bits per heavy atom. The van der Waals surface area contributed by atoms with E-state index in [-0.39, 0.29) is 17.7 Å². The molecule has 32 heavy (non-hydrogen) atoms. The van der Waals surface area contributed by atoms with E-state index in [2.05, 4.69) is 10.6 Å². The molecule has 2 aliphatic rings. The van der Waals surface area contributed by atoms with Crippen LogP contribution in [0.2, 0.25) is 0 Å². The van der Waals surface area contributed by atoms with Gasteiger partial charge in [-0.1, -0.05) is 25.0 Å². The Kier molecular flexibility index (Phi) is 39.1.